The molecule has 3 heteroatoms. The number of hydrogen-bond donors (Lipinski definition) is 2. The summed E-state index contributed by atoms with van der Waals surface area (Å²) in [6, 6.07) is 0. The van der Waals surface area contributed by atoms with Gasteiger partial charge in [0.05, 0.1) is 0 Å². The van der Waals surface area contributed by atoms with Gasteiger partial charge in [0.2, 0.25) is 0 Å². The van der Waals surface area contributed by atoms with Crippen molar-refractivity contribution < 1.29 is 4.74 Å². The van der Waals surface area contributed by atoms with Crippen molar-refractivity contribution >= 4 is 0 Å². The molecule has 0 spiro atoms. The fraction of sp³-hybridized carbons (Fsp3) is 1.00. The first-order chi connectivity index (χ1) is 10.3. The molecular formula is C18H40N2O. The molecule has 0 saturated heterocycles. The molecule has 0 radical (unpaired) electrons. The molecule has 0 aliphatic heterocycles. The van der Waals surface area contributed by atoms with Crippen LogP contribution in [0, 0.1) is 5.92 Å². The zero-order valence-electron chi connectivity index (χ0n) is 14.7. The third kappa shape index (κ3) is 19.9. The van der Waals surface area contributed by atoms with Gasteiger partial charge in [-0.25, -0.2) is 0 Å². The Morgan fingerprint density at radius 1 is 0.762 bits per heavy atom. The molecule has 0 saturated carbocycles. The highest BCUT2D eigenvalue weighted by atomic mass is 16.5. The van der Waals surface area contributed by atoms with E-state index in [2.05, 4.69) is 19.2 Å². The summed E-state index contributed by atoms with van der Waals surface area (Å²) in [4.78, 5) is 0. The topological polar surface area (TPSA) is 47.3 Å². The van der Waals surface area contributed by atoms with Crippen LogP contribution in [-0.2, 0) is 4.74 Å². The Bertz CT molecular complexity index is 186. The second-order valence-electron chi connectivity index (χ2n) is 6.52. The molecule has 0 aliphatic rings. The van der Waals surface area contributed by atoms with Gasteiger partial charge < -0.3 is 15.8 Å². The maximum atomic E-state index is 5.65. The molecule has 0 heterocycles. The van der Waals surface area contributed by atoms with E-state index in [1.54, 1.807) is 0 Å². The lowest BCUT2D eigenvalue weighted by Crippen LogP contribution is -2.20. The first kappa shape index (κ1) is 20.9. The summed E-state index contributed by atoms with van der Waals surface area (Å²) >= 11 is 0. The van der Waals surface area contributed by atoms with Crippen LogP contribution in [0.3, 0.4) is 0 Å². The molecular weight excluding hydrogens is 260 g/mol. The van der Waals surface area contributed by atoms with E-state index in [1.165, 1.54) is 51.4 Å². The van der Waals surface area contributed by atoms with Crippen molar-refractivity contribution in [3.8, 4) is 0 Å². The van der Waals surface area contributed by atoms with Gasteiger partial charge in [-0.05, 0) is 44.8 Å². The van der Waals surface area contributed by atoms with Crippen LogP contribution in [0.15, 0.2) is 0 Å². The number of nitrogens with one attached hydrogen (secondary N) is 1. The lowest BCUT2D eigenvalue weighted by atomic mass is 10.0. The second-order valence-corrected chi connectivity index (χ2v) is 6.52. The Hall–Kier alpha value is -0.120. The number of ether oxygens (including phenoxy) is 1. The molecule has 0 aliphatic carbocycles. The zero-order chi connectivity index (χ0) is 15.6. The number of rotatable bonds is 17. The molecule has 0 bridgehead atoms. The quantitative estimate of drug-likeness (QED) is 0.397. The van der Waals surface area contributed by atoms with Gasteiger partial charge in [0, 0.05) is 13.2 Å². The van der Waals surface area contributed by atoms with Crippen LogP contribution in [0.5, 0.6) is 0 Å². The molecule has 0 amide bonds. The minimum Gasteiger partial charge on any atom is -0.381 e. The third-order valence-corrected chi connectivity index (χ3v) is 3.77. The summed E-state index contributed by atoms with van der Waals surface area (Å²) in [5.41, 5.74) is 5.43. The van der Waals surface area contributed by atoms with Crippen molar-refractivity contribution in [1.29, 1.82) is 0 Å². The maximum Gasteiger partial charge on any atom is 0.0478 e. The molecule has 3 nitrogen and oxygen atoms in total. The van der Waals surface area contributed by atoms with E-state index in [1.807, 2.05) is 0 Å². The van der Waals surface area contributed by atoms with Crippen LogP contribution in [0.1, 0.15) is 78.1 Å². The van der Waals surface area contributed by atoms with Crippen LogP contribution in [0.2, 0.25) is 0 Å². The molecule has 0 aromatic heterocycles. The summed E-state index contributed by atoms with van der Waals surface area (Å²) in [5.74, 6) is 0.873. The molecule has 128 valence electrons. The Labute approximate surface area is 133 Å². The van der Waals surface area contributed by atoms with Gasteiger partial charge >= 0.3 is 0 Å². The van der Waals surface area contributed by atoms with Crippen LogP contribution in [0.4, 0.5) is 0 Å². The standard InChI is InChI=1S/C18H40N2O/c1-18(2)12-8-6-4-3-5-7-9-16-21-17-11-15-20-14-10-13-19/h18,20H,3-17,19H2,1-2H3. The number of hydrogen-bond acceptors (Lipinski definition) is 3. The predicted octanol–water partition coefficient (Wildman–Crippen LogP) is 4.11. The van der Waals surface area contributed by atoms with Crippen LogP contribution in [-0.4, -0.2) is 32.8 Å². The number of nitrogens with two attached hydrogens (primary N) is 1. The monoisotopic (exact) mass is 300 g/mol. The minimum atomic E-state index is 0.779. The lowest BCUT2D eigenvalue weighted by Gasteiger charge is -2.06. The molecule has 0 unspecified atom stereocenters. The highest BCUT2D eigenvalue weighted by molar-refractivity contribution is 4.50. The maximum absolute atomic E-state index is 5.65. The molecule has 0 rings (SSSR count). The van der Waals surface area contributed by atoms with Gasteiger partial charge in [-0.3, -0.25) is 0 Å². The van der Waals surface area contributed by atoms with Gasteiger partial charge in [-0.2, -0.15) is 0 Å². The Kier molecular flexibility index (Phi) is 17.8. The molecule has 0 aromatic rings. The summed E-state index contributed by atoms with van der Waals surface area (Å²) in [6.45, 7) is 9.33. The normalized spacial score (nSPS) is 11.4. The summed E-state index contributed by atoms with van der Waals surface area (Å²) in [7, 11) is 0. The highest BCUT2D eigenvalue weighted by Crippen LogP contribution is 2.11. The minimum absolute atomic E-state index is 0.779. The average Bonchev–Trinajstić information content (AvgIpc) is 2.46. The largest absolute Gasteiger partial charge is 0.381 e. The zero-order valence-corrected chi connectivity index (χ0v) is 14.7. The Morgan fingerprint density at radius 2 is 1.33 bits per heavy atom. The van der Waals surface area contributed by atoms with E-state index < -0.39 is 0 Å². The van der Waals surface area contributed by atoms with Gasteiger partial charge in [0.15, 0.2) is 0 Å². The highest BCUT2D eigenvalue weighted by Gasteiger charge is 1.95. The predicted molar refractivity (Wildman–Crippen MR) is 93.8 cm³/mol. The van der Waals surface area contributed by atoms with Crippen molar-refractivity contribution in [1.82, 2.24) is 5.32 Å². The molecule has 3 N–H and O–H groups in total. The third-order valence-electron chi connectivity index (χ3n) is 3.77. The van der Waals surface area contributed by atoms with Crippen molar-refractivity contribution in [2.45, 2.75) is 78.1 Å². The van der Waals surface area contributed by atoms with E-state index in [9.17, 15) is 0 Å². The van der Waals surface area contributed by atoms with Crippen molar-refractivity contribution in [2.24, 2.45) is 11.7 Å². The van der Waals surface area contributed by atoms with E-state index in [0.717, 1.165) is 51.6 Å². The van der Waals surface area contributed by atoms with Crippen molar-refractivity contribution in [2.75, 3.05) is 32.8 Å². The van der Waals surface area contributed by atoms with Crippen molar-refractivity contribution in [3.63, 3.8) is 0 Å². The fourth-order valence-electron chi connectivity index (χ4n) is 2.39. The molecule has 21 heavy (non-hydrogen) atoms. The Morgan fingerprint density at radius 3 is 2.00 bits per heavy atom. The SMILES string of the molecule is CC(C)CCCCCCCCCOCCCNCCCN. The van der Waals surface area contributed by atoms with Gasteiger partial charge in [0.25, 0.3) is 0 Å². The van der Waals surface area contributed by atoms with Gasteiger partial charge in [0.1, 0.15) is 0 Å². The summed E-state index contributed by atoms with van der Waals surface area (Å²) < 4.78 is 5.65. The molecule has 0 aromatic carbocycles. The van der Waals surface area contributed by atoms with E-state index >= 15 is 0 Å². The summed E-state index contributed by atoms with van der Waals surface area (Å²) in [5, 5.41) is 3.37. The second kappa shape index (κ2) is 17.9. The summed E-state index contributed by atoms with van der Waals surface area (Å²) in [6.07, 6.45) is 13.2. The van der Waals surface area contributed by atoms with Gasteiger partial charge in [-0.15, -0.1) is 0 Å². The fourth-order valence-corrected chi connectivity index (χ4v) is 2.39. The van der Waals surface area contributed by atoms with Crippen LogP contribution in [0.25, 0.3) is 0 Å². The van der Waals surface area contributed by atoms with Crippen LogP contribution >= 0.6 is 0 Å². The lowest BCUT2D eigenvalue weighted by molar-refractivity contribution is 0.127. The number of unbranched alkanes of at least 4 members (excludes halogenated alkanes) is 6. The van der Waals surface area contributed by atoms with Crippen LogP contribution < -0.4 is 11.1 Å². The first-order valence-corrected chi connectivity index (χ1v) is 9.26. The van der Waals surface area contributed by atoms with E-state index in [4.69, 9.17) is 10.5 Å². The first-order valence-electron chi connectivity index (χ1n) is 9.26. The van der Waals surface area contributed by atoms with Gasteiger partial charge in [-0.1, -0.05) is 58.8 Å². The average molecular weight is 301 g/mol. The van der Waals surface area contributed by atoms with Crippen molar-refractivity contribution in [3.05, 3.63) is 0 Å². The Balaban J connectivity index is 2.93. The molecule has 0 fully saturated rings. The smallest absolute Gasteiger partial charge is 0.0478 e. The molecule has 0 atom stereocenters. The van der Waals surface area contributed by atoms with E-state index in [-0.39, 0.29) is 0 Å². The van der Waals surface area contributed by atoms with E-state index in [0.29, 0.717) is 0 Å².